The summed E-state index contributed by atoms with van der Waals surface area (Å²) in [4.78, 5) is 0.114. The molecule has 0 bridgehead atoms. The third-order valence-corrected chi connectivity index (χ3v) is 5.94. The van der Waals surface area contributed by atoms with E-state index in [2.05, 4.69) is 4.72 Å². The van der Waals surface area contributed by atoms with Crippen molar-refractivity contribution in [3.63, 3.8) is 0 Å². The topological polar surface area (TPSA) is 46.2 Å². The lowest BCUT2D eigenvalue weighted by Crippen LogP contribution is -2.30. The normalized spacial score (nSPS) is 14.0. The molecule has 0 fully saturated rings. The average molecular weight is 426 g/mol. The van der Waals surface area contributed by atoms with Crippen molar-refractivity contribution in [2.24, 2.45) is 0 Å². The second-order valence-corrected chi connectivity index (χ2v) is 8.52. The van der Waals surface area contributed by atoms with E-state index in [-0.39, 0.29) is 4.90 Å². The highest BCUT2D eigenvalue weighted by atomic mass is 32.2. The Morgan fingerprint density at radius 1 is 1.00 bits per heavy atom. The molecule has 0 aromatic heterocycles. The Morgan fingerprint density at radius 3 is 2.14 bits per heavy atom. The molecule has 2 aromatic rings. The van der Waals surface area contributed by atoms with Gasteiger partial charge in [-0.1, -0.05) is 68.7 Å². The van der Waals surface area contributed by atoms with Crippen molar-refractivity contribution in [1.82, 2.24) is 4.72 Å². The first-order valence-corrected chi connectivity index (χ1v) is 11.1. The maximum atomic E-state index is 12.9. The Balaban J connectivity index is 2.48. The summed E-state index contributed by atoms with van der Waals surface area (Å²) in [6, 6.07) is 11.9. The fraction of sp³-hybridized carbons (Fsp3) is 0.364. The zero-order chi connectivity index (χ0) is 21.5. The van der Waals surface area contributed by atoms with Crippen molar-refractivity contribution in [2.45, 2.75) is 56.6 Å². The summed E-state index contributed by atoms with van der Waals surface area (Å²) in [7, 11) is -3.85. The molecule has 29 heavy (non-hydrogen) atoms. The molecule has 0 saturated carbocycles. The van der Waals surface area contributed by atoms with E-state index in [1.54, 1.807) is 18.2 Å². The van der Waals surface area contributed by atoms with Gasteiger partial charge in [-0.15, -0.1) is 0 Å². The molecule has 0 unspecified atom stereocenters. The minimum atomic E-state index is -4.44. The van der Waals surface area contributed by atoms with E-state index in [4.69, 9.17) is 0 Å². The van der Waals surface area contributed by atoms with Crippen LogP contribution in [0.5, 0.6) is 0 Å². The van der Waals surface area contributed by atoms with Crippen LogP contribution in [0, 0.1) is 0 Å². The lowest BCUT2D eigenvalue weighted by Gasteiger charge is -2.23. The van der Waals surface area contributed by atoms with Gasteiger partial charge in [0.05, 0.1) is 16.5 Å². The summed E-state index contributed by atoms with van der Waals surface area (Å²) in [5.74, 6) is 0. The Kier molecular flexibility index (Phi) is 8.05. The molecule has 0 saturated heterocycles. The number of hydrogen-bond acceptors (Lipinski definition) is 2. The Morgan fingerprint density at radius 2 is 1.62 bits per heavy atom. The van der Waals surface area contributed by atoms with Crippen molar-refractivity contribution in [3.8, 4) is 0 Å². The maximum absolute atomic E-state index is 12.9. The number of sulfonamides is 1. The number of allylic oxidation sites excluding steroid dienone is 1. The van der Waals surface area contributed by atoms with Crippen molar-refractivity contribution < 1.29 is 21.6 Å². The standard InChI is InChI=1S/C22H26F3NO2S/c1-3-5-10-17(9-4-2)21(18-13-15-19(16-14-18)22(23,24)25)26-29(27,28)20-11-7-6-8-12-20/h6-8,10-16,21,26H,3-5,9H2,1-2H3/b17-10+/t21-/m1/s1. The summed E-state index contributed by atoms with van der Waals surface area (Å²) in [5.41, 5.74) is 0.572. The first-order valence-electron chi connectivity index (χ1n) is 9.62. The molecule has 0 amide bonds. The van der Waals surface area contributed by atoms with Gasteiger partial charge >= 0.3 is 6.18 Å². The van der Waals surface area contributed by atoms with Crippen LogP contribution in [-0.2, 0) is 16.2 Å². The van der Waals surface area contributed by atoms with Gasteiger partial charge < -0.3 is 0 Å². The molecule has 158 valence electrons. The predicted octanol–water partition coefficient (Wildman–Crippen LogP) is 6.25. The number of nitrogens with one attached hydrogen (secondary N) is 1. The predicted molar refractivity (Wildman–Crippen MR) is 109 cm³/mol. The largest absolute Gasteiger partial charge is 0.416 e. The summed E-state index contributed by atoms with van der Waals surface area (Å²) in [6.07, 6.45) is 0.627. The molecule has 3 nitrogen and oxygen atoms in total. The first-order chi connectivity index (χ1) is 13.7. The number of benzene rings is 2. The maximum Gasteiger partial charge on any atom is 0.416 e. The van der Waals surface area contributed by atoms with Crippen LogP contribution in [0.15, 0.2) is 71.1 Å². The number of unbranched alkanes of at least 4 members (excludes halogenated alkanes) is 1. The van der Waals surface area contributed by atoms with Gasteiger partial charge in [0, 0.05) is 0 Å². The highest BCUT2D eigenvalue weighted by Crippen LogP contribution is 2.33. The molecule has 1 N–H and O–H groups in total. The summed E-state index contributed by atoms with van der Waals surface area (Å²) < 4.78 is 67.3. The quantitative estimate of drug-likeness (QED) is 0.483. The third kappa shape index (κ3) is 6.44. The molecule has 0 heterocycles. The van der Waals surface area contributed by atoms with Crippen LogP contribution in [0.2, 0.25) is 0 Å². The van der Waals surface area contributed by atoms with Crippen LogP contribution in [0.25, 0.3) is 0 Å². The zero-order valence-corrected chi connectivity index (χ0v) is 17.4. The number of alkyl halides is 3. The van der Waals surface area contributed by atoms with E-state index in [1.807, 2.05) is 19.9 Å². The van der Waals surface area contributed by atoms with Crippen LogP contribution in [0.3, 0.4) is 0 Å². The average Bonchev–Trinajstić information content (AvgIpc) is 2.70. The monoisotopic (exact) mass is 425 g/mol. The van der Waals surface area contributed by atoms with Crippen LogP contribution < -0.4 is 4.72 Å². The number of hydrogen-bond donors (Lipinski definition) is 1. The minimum Gasteiger partial charge on any atom is -0.207 e. The Hall–Kier alpha value is -2.12. The smallest absolute Gasteiger partial charge is 0.207 e. The van der Waals surface area contributed by atoms with E-state index in [0.717, 1.165) is 37.0 Å². The van der Waals surface area contributed by atoms with Crippen LogP contribution in [0.4, 0.5) is 13.2 Å². The van der Waals surface area contributed by atoms with Crippen LogP contribution >= 0.6 is 0 Å². The van der Waals surface area contributed by atoms with Gasteiger partial charge in [-0.3, -0.25) is 0 Å². The SMILES string of the molecule is CCC/C=C(\CCC)[C@@H](NS(=O)(=O)c1ccccc1)c1ccc(C(F)(F)F)cc1. The molecule has 0 radical (unpaired) electrons. The Bertz CT molecular complexity index is 905. The van der Waals surface area contributed by atoms with Crippen molar-refractivity contribution in [2.75, 3.05) is 0 Å². The molecule has 0 spiro atoms. The molecular weight excluding hydrogens is 399 g/mol. The van der Waals surface area contributed by atoms with Crippen LogP contribution in [0.1, 0.15) is 56.7 Å². The summed E-state index contributed by atoms with van der Waals surface area (Å²) in [5, 5.41) is 0. The molecule has 7 heteroatoms. The molecular formula is C22H26F3NO2S. The van der Waals surface area contributed by atoms with Crippen LogP contribution in [-0.4, -0.2) is 8.42 Å². The second kappa shape index (κ2) is 10.1. The fourth-order valence-corrected chi connectivity index (χ4v) is 4.28. The van der Waals surface area contributed by atoms with Crippen molar-refractivity contribution >= 4 is 10.0 Å². The van der Waals surface area contributed by atoms with Gasteiger partial charge in [0.2, 0.25) is 10.0 Å². The summed E-state index contributed by atoms with van der Waals surface area (Å²) in [6.45, 7) is 4.00. The molecule has 2 aromatic carbocycles. The first kappa shape index (κ1) is 23.2. The second-order valence-electron chi connectivity index (χ2n) is 6.80. The van der Waals surface area contributed by atoms with Gasteiger partial charge in [-0.25, -0.2) is 8.42 Å². The van der Waals surface area contributed by atoms with E-state index >= 15 is 0 Å². The number of rotatable bonds is 9. The lowest BCUT2D eigenvalue weighted by atomic mass is 9.94. The van der Waals surface area contributed by atoms with E-state index in [9.17, 15) is 21.6 Å². The van der Waals surface area contributed by atoms with Gasteiger partial charge in [-0.2, -0.15) is 17.9 Å². The van der Waals surface area contributed by atoms with Gasteiger partial charge in [-0.05, 0) is 42.7 Å². The third-order valence-electron chi connectivity index (χ3n) is 4.50. The Labute approximate surface area is 170 Å². The van der Waals surface area contributed by atoms with Crippen molar-refractivity contribution in [1.29, 1.82) is 0 Å². The van der Waals surface area contributed by atoms with Gasteiger partial charge in [0.1, 0.15) is 0 Å². The van der Waals surface area contributed by atoms with E-state index in [1.165, 1.54) is 24.3 Å². The van der Waals surface area contributed by atoms with E-state index in [0.29, 0.717) is 12.0 Å². The highest BCUT2D eigenvalue weighted by molar-refractivity contribution is 7.89. The molecule has 0 aliphatic rings. The molecule has 1 atom stereocenters. The zero-order valence-electron chi connectivity index (χ0n) is 16.5. The number of halogens is 3. The molecule has 0 aliphatic carbocycles. The van der Waals surface area contributed by atoms with Gasteiger partial charge in [0.25, 0.3) is 0 Å². The summed E-state index contributed by atoms with van der Waals surface area (Å²) >= 11 is 0. The minimum absolute atomic E-state index is 0.114. The lowest BCUT2D eigenvalue weighted by molar-refractivity contribution is -0.137. The fourth-order valence-electron chi connectivity index (χ4n) is 3.03. The molecule has 2 rings (SSSR count). The van der Waals surface area contributed by atoms with E-state index < -0.39 is 27.8 Å². The molecule has 0 aliphatic heterocycles. The van der Waals surface area contributed by atoms with Gasteiger partial charge in [0.15, 0.2) is 0 Å². The van der Waals surface area contributed by atoms with Crippen molar-refractivity contribution in [3.05, 3.63) is 77.4 Å². The highest BCUT2D eigenvalue weighted by Gasteiger charge is 2.31.